The first-order valence-electron chi connectivity index (χ1n) is 8.92. The van der Waals surface area contributed by atoms with E-state index in [0.717, 1.165) is 17.4 Å². The number of fused-ring (bicyclic) bond motifs is 1. The van der Waals surface area contributed by atoms with Gasteiger partial charge in [-0.3, -0.25) is 14.4 Å². The Bertz CT molecular complexity index is 1170. The van der Waals surface area contributed by atoms with E-state index in [0.29, 0.717) is 21.5 Å². The average molecular weight is 435 g/mol. The minimum atomic E-state index is -2.11. The largest absolute Gasteiger partial charge is 0.373 e. The lowest BCUT2D eigenvalue weighted by Crippen LogP contribution is -2.47. The zero-order valence-electron chi connectivity index (χ0n) is 15.1. The molecule has 2 heterocycles. The minimum Gasteiger partial charge on any atom is -0.373 e. The van der Waals surface area contributed by atoms with Gasteiger partial charge in [-0.25, -0.2) is 4.39 Å². The summed E-state index contributed by atoms with van der Waals surface area (Å²) in [7, 11) is 0. The summed E-state index contributed by atoms with van der Waals surface area (Å²) >= 11 is 6.84. The molecule has 1 fully saturated rings. The lowest BCUT2D eigenvalue weighted by Gasteiger charge is -2.21. The van der Waals surface area contributed by atoms with Gasteiger partial charge in [-0.2, -0.15) is 0 Å². The number of ketones is 1. The normalized spacial score (nSPS) is 19.3. The van der Waals surface area contributed by atoms with Gasteiger partial charge in [-0.15, -0.1) is 0 Å². The first kappa shape index (κ1) is 19.8. The summed E-state index contributed by atoms with van der Waals surface area (Å²) < 4.78 is 14.1. The number of hydrogen-bond donors (Lipinski definition) is 2. The molecule has 0 spiro atoms. The van der Waals surface area contributed by atoms with Crippen molar-refractivity contribution in [3.8, 4) is 0 Å². The second-order valence-corrected chi connectivity index (χ2v) is 8.41. The molecule has 2 N–H and O–H groups in total. The van der Waals surface area contributed by atoms with Crippen molar-refractivity contribution in [1.29, 1.82) is 0 Å². The number of carbonyl (C=O) groups excluding carboxylic acids is 2. The molecule has 1 aliphatic heterocycles. The van der Waals surface area contributed by atoms with Crippen LogP contribution >= 0.6 is 22.9 Å². The molecule has 6 nitrogen and oxygen atoms in total. The second-order valence-electron chi connectivity index (χ2n) is 6.96. The van der Waals surface area contributed by atoms with Gasteiger partial charge in [0.1, 0.15) is 5.82 Å². The van der Waals surface area contributed by atoms with E-state index in [1.807, 2.05) is 0 Å². The molecule has 9 heteroatoms. The van der Waals surface area contributed by atoms with Crippen molar-refractivity contribution in [2.24, 2.45) is 0 Å². The summed E-state index contributed by atoms with van der Waals surface area (Å²) in [5.41, 5.74) is -0.423. The Morgan fingerprint density at radius 1 is 1.28 bits per heavy atom. The first-order chi connectivity index (χ1) is 13.8. The molecular formula is C20H16ClFN2O4S. The number of anilines is 1. The van der Waals surface area contributed by atoms with E-state index in [4.69, 9.17) is 11.6 Å². The third-order valence-corrected chi connectivity index (χ3v) is 6.10. The third-order valence-electron chi connectivity index (χ3n) is 5.04. The first-order valence-corrected chi connectivity index (χ1v) is 10.1. The van der Waals surface area contributed by atoms with Gasteiger partial charge in [0, 0.05) is 30.1 Å². The van der Waals surface area contributed by atoms with Crippen LogP contribution in [0.5, 0.6) is 0 Å². The van der Waals surface area contributed by atoms with E-state index in [-0.39, 0.29) is 35.7 Å². The lowest BCUT2D eigenvalue weighted by molar-refractivity contribution is -0.147. The van der Waals surface area contributed by atoms with E-state index in [2.05, 4.69) is 4.98 Å². The van der Waals surface area contributed by atoms with Gasteiger partial charge >= 0.3 is 4.87 Å². The predicted octanol–water partition coefficient (Wildman–Crippen LogP) is 3.05. The zero-order chi connectivity index (χ0) is 20.8. The van der Waals surface area contributed by atoms with Crippen molar-refractivity contribution >= 4 is 50.5 Å². The Kier molecular flexibility index (Phi) is 5.02. The molecule has 0 radical (unpaired) electrons. The number of benzene rings is 2. The van der Waals surface area contributed by atoms with Gasteiger partial charge in [0.15, 0.2) is 5.78 Å². The zero-order valence-corrected chi connectivity index (χ0v) is 16.6. The Morgan fingerprint density at radius 3 is 2.83 bits per heavy atom. The summed E-state index contributed by atoms with van der Waals surface area (Å²) in [5, 5.41) is 11.0. The minimum absolute atomic E-state index is 0.0318. The fraction of sp³-hybridized carbons (Fsp3) is 0.250. The van der Waals surface area contributed by atoms with Crippen molar-refractivity contribution in [2.75, 3.05) is 11.4 Å². The molecule has 1 amide bonds. The number of aliphatic hydroxyl groups is 1. The lowest BCUT2D eigenvalue weighted by atomic mass is 9.92. The molecule has 3 aromatic rings. The third kappa shape index (κ3) is 3.71. The van der Waals surface area contributed by atoms with Crippen LogP contribution in [0, 0.1) is 5.82 Å². The molecule has 2 aromatic carbocycles. The van der Waals surface area contributed by atoms with Gasteiger partial charge in [0.25, 0.3) is 5.91 Å². The van der Waals surface area contributed by atoms with Crippen molar-refractivity contribution in [2.45, 2.75) is 24.9 Å². The van der Waals surface area contributed by atoms with Gasteiger partial charge in [0.2, 0.25) is 5.60 Å². The molecule has 150 valence electrons. The number of carbonyl (C=O) groups is 2. The molecular weight excluding hydrogens is 419 g/mol. The Hall–Kier alpha value is -2.55. The standard InChI is InChI=1S/C20H16ClFN2O4S/c21-12-7-11(8-13(22)9-12)1-4-17(25)20(28)5-6-24(18(20)26)14-2-3-15-16(10-14)29-19(27)23-15/h2-3,7-10,28H,1,4-6H2,(H,23,27)/t20-/m0/s1. The van der Waals surface area contributed by atoms with Crippen molar-refractivity contribution in [3.63, 3.8) is 0 Å². The highest BCUT2D eigenvalue weighted by atomic mass is 35.5. The monoisotopic (exact) mass is 434 g/mol. The highest BCUT2D eigenvalue weighted by Crippen LogP contribution is 2.32. The Labute approximate surface area is 173 Å². The Morgan fingerprint density at radius 2 is 2.07 bits per heavy atom. The highest BCUT2D eigenvalue weighted by Gasteiger charge is 2.50. The number of hydrogen-bond acceptors (Lipinski definition) is 5. The predicted molar refractivity (Wildman–Crippen MR) is 109 cm³/mol. The fourth-order valence-electron chi connectivity index (χ4n) is 3.53. The number of amides is 1. The quantitative estimate of drug-likeness (QED) is 0.604. The molecule has 0 aliphatic carbocycles. The van der Waals surface area contributed by atoms with Crippen molar-refractivity contribution in [1.82, 2.24) is 4.98 Å². The number of aromatic amines is 1. The smallest absolute Gasteiger partial charge is 0.305 e. The number of Topliss-reactive ketones (excluding diaryl/α,β-unsaturated/α-hetero) is 1. The summed E-state index contributed by atoms with van der Waals surface area (Å²) in [6, 6.07) is 9.00. The number of H-pyrrole nitrogens is 1. The van der Waals surface area contributed by atoms with E-state index in [1.165, 1.54) is 11.0 Å². The molecule has 0 saturated carbocycles. The molecule has 0 unspecified atom stereocenters. The molecule has 1 aliphatic rings. The van der Waals surface area contributed by atoms with Crippen LogP contribution in [0.3, 0.4) is 0 Å². The van der Waals surface area contributed by atoms with E-state index in [1.54, 1.807) is 24.3 Å². The molecule has 0 bridgehead atoms. The number of aryl methyl sites for hydroxylation is 1. The number of halogens is 2. The number of nitrogens with zero attached hydrogens (tertiary/aromatic N) is 1. The van der Waals surface area contributed by atoms with Crippen LogP contribution in [-0.2, 0) is 16.0 Å². The number of rotatable bonds is 5. The Balaban J connectivity index is 1.51. The summed E-state index contributed by atoms with van der Waals surface area (Å²) in [4.78, 5) is 40.8. The molecule has 1 atom stereocenters. The molecule has 1 aromatic heterocycles. The summed E-state index contributed by atoms with van der Waals surface area (Å²) in [6.45, 7) is 0.178. The van der Waals surface area contributed by atoms with Gasteiger partial charge in [0.05, 0.1) is 10.2 Å². The number of aromatic nitrogens is 1. The van der Waals surface area contributed by atoms with Gasteiger partial charge in [-0.1, -0.05) is 22.9 Å². The topological polar surface area (TPSA) is 90.5 Å². The van der Waals surface area contributed by atoms with Crippen LogP contribution in [0.1, 0.15) is 18.4 Å². The van der Waals surface area contributed by atoms with Crippen molar-refractivity contribution in [3.05, 3.63) is 62.5 Å². The maximum absolute atomic E-state index is 13.4. The maximum atomic E-state index is 13.4. The van der Waals surface area contributed by atoms with Crippen molar-refractivity contribution < 1.29 is 19.1 Å². The maximum Gasteiger partial charge on any atom is 0.305 e. The van der Waals surface area contributed by atoms with Crippen LogP contribution in [0.25, 0.3) is 10.2 Å². The second kappa shape index (κ2) is 7.37. The van der Waals surface area contributed by atoms with Crippen LogP contribution < -0.4 is 9.77 Å². The van der Waals surface area contributed by atoms with E-state index >= 15 is 0 Å². The average Bonchev–Trinajstić information content (AvgIpc) is 3.18. The SMILES string of the molecule is O=C(CCc1cc(F)cc(Cl)c1)[C@@]1(O)CCN(c2ccc3[nH]c(=O)sc3c2)C1=O. The molecule has 1 saturated heterocycles. The molecule has 29 heavy (non-hydrogen) atoms. The highest BCUT2D eigenvalue weighted by molar-refractivity contribution is 7.16. The summed E-state index contributed by atoms with van der Waals surface area (Å²) in [5.74, 6) is -1.82. The van der Waals surface area contributed by atoms with Crippen LogP contribution in [0.2, 0.25) is 5.02 Å². The fourth-order valence-corrected chi connectivity index (χ4v) is 4.55. The molecule has 4 rings (SSSR count). The summed E-state index contributed by atoms with van der Waals surface area (Å²) in [6.07, 6.45) is 0.0134. The van der Waals surface area contributed by atoms with Crippen LogP contribution in [0.15, 0.2) is 41.2 Å². The van der Waals surface area contributed by atoms with Gasteiger partial charge in [-0.05, 0) is 48.4 Å². The number of nitrogens with one attached hydrogen (secondary N) is 1. The van der Waals surface area contributed by atoms with Crippen LogP contribution in [-0.4, -0.2) is 33.9 Å². The van der Waals surface area contributed by atoms with Crippen LogP contribution in [0.4, 0.5) is 10.1 Å². The van der Waals surface area contributed by atoms with E-state index in [9.17, 15) is 23.9 Å². The number of thiazole rings is 1. The van der Waals surface area contributed by atoms with E-state index < -0.39 is 23.1 Å². The van der Waals surface area contributed by atoms with Gasteiger partial charge < -0.3 is 15.0 Å².